The van der Waals surface area contributed by atoms with Crippen molar-refractivity contribution in [3.05, 3.63) is 29.0 Å². The van der Waals surface area contributed by atoms with E-state index in [1.807, 2.05) is 0 Å². The number of hydrazone groups is 1. The van der Waals surface area contributed by atoms with Crippen molar-refractivity contribution in [3.8, 4) is 0 Å². The minimum absolute atomic E-state index is 0.215. The van der Waals surface area contributed by atoms with Crippen molar-refractivity contribution in [3.63, 3.8) is 0 Å². The van der Waals surface area contributed by atoms with E-state index in [0.717, 1.165) is 5.01 Å². The number of rotatable bonds is 3. The number of amides is 1. The fourth-order valence-electron chi connectivity index (χ4n) is 2.57. The molecule has 1 aromatic heterocycles. The zero-order chi connectivity index (χ0) is 19.5. The molecule has 2 rings (SSSR count). The number of aromatic nitrogens is 1. The van der Waals surface area contributed by atoms with Gasteiger partial charge in [0.25, 0.3) is 0 Å². The molecule has 7 nitrogen and oxygen atoms in total. The van der Waals surface area contributed by atoms with Gasteiger partial charge in [-0.15, -0.1) is 0 Å². The van der Waals surface area contributed by atoms with Gasteiger partial charge >= 0.3 is 6.09 Å². The molecule has 0 bridgehead atoms. The molecule has 1 saturated carbocycles. The van der Waals surface area contributed by atoms with Crippen molar-refractivity contribution in [2.45, 2.75) is 45.6 Å². The SMILES string of the molecule is CN(/N=C1/CCCC(=O)C1C(=O)c1ccc(Cl)nc1)C(=O)OC(C)(C)C. The normalized spacial score (nSPS) is 19.3. The second-order valence-corrected chi connectivity index (χ2v) is 7.47. The van der Waals surface area contributed by atoms with Gasteiger partial charge in [0, 0.05) is 25.2 Å². The summed E-state index contributed by atoms with van der Waals surface area (Å²) in [6.07, 6.45) is 2.02. The van der Waals surface area contributed by atoms with Gasteiger partial charge < -0.3 is 4.74 Å². The van der Waals surface area contributed by atoms with Crippen LogP contribution in [-0.2, 0) is 9.53 Å². The van der Waals surface area contributed by atoms with Crippen molar-refractivity contribution < 1.29 is 19.1 Å². The van der Waals surface area contributed by atoms with E-state index in [-0.39, 0.29) is 16.5 Å². The summed E-state index contributed by atoms with van der Waals surface area (Å²) in [7, 11) is 1.44. The standard InChI is InChI=1S/C18H22ClN3O4/c1-18(2,3)26-17(25)22(4)21-12-6-5-7-13(23)15(12)16(24)11-8-9-14(19)20-10-11/h8-10,15H,5-7H2,1-4H3/b21-12-. The lowest BCUT2D eigenvalue weighted by Gasteiger charge is -2.25. The minimum atomic E-state index is -1.02. The molecule has 1 aromatic rings. The molecule has 0 radical (unpaired) electrons. The number of ether oxygens (including phenoxy) is 1. The highest BCUT2D eigenvalue weighted by molar-refractivity contribution is 6.30. The number of hydrogen-bond acceptors (Lipinski definition) is 6. The van der Waals surface area contributed by atoms with Crippen LogP contribution in [0.3, 0.4) is 0 Å². The molecule has 0 aromatic carbocycles. The van der Waals surface area contributed by atoms with Gasteiger partial charge in [-0.1, -0.05) is 11.6 Å². The Morgan fingerprint density at radius 1 is 1.31 bits per heavy atom. The molecule has 0 saturated heterocycles. The molecular formula is C18H22ClN3O4. The van der Waals surface area contributed by atoms with E-state index in [9.17, 15) is 14.4 Å². The van der Waals surface area contributed by atoms with E-state index in [0.29, 0.717) is 25.0 Å². The van der Waals surface area contributed by atoms with Crippen LogP contribution in [0.1, 0.15) is 50.4 Å². The van der Waals surface area contributed by atoms with Crippen molar-refractivity contribution in [2.24, 2.45) is 11.0 Å². The number of pyridine rings is 1. The zero-order valence-corrected chi connectivity index (χ0v) is 16.0. The Bertz CT molecular complexity index is 738. The highest BCUT2D eigenvalue weighted by Gasteiger charge is 2.36. The van der Waals surface area contributed by atoms with Gasteiger partial charge in [-0.2, -0.15) is 5.10 Å². The third-order valence-corrected chi connectivity index (χ3v) is 3.95. The molecule has 1 unspecified atom stereocenters. The van der Waals surface area contributed by atoms with Crippen LogP contribution >= 0.6 is 11.6 Å². The Hall–Kier alpha value is -2.28. The predicted octanol–water partition coefficient (Wildman–Crippen LogP) is 3.51. The van der Waals surface area contributed by atoms with E-state index in [4.69, 9.17) is 16.3 Å². The van der Waals surface area contributed by atoms with Gasteiger partial charge in [0.1, 0.15) is 22.5 Å². The molecule has 26 heavy (non-hydrogen) atoms. The molecule has 0 aliphatic heterocycles. The van der Waals surface area contributed by atoms with Crippen molar-refractivity contribution in [1.82, 2.24) is 9.99 Å². The number of ketones is 2. The Balaban J connectivity index is 2.27. The van der Waals surface area contributed by atoms with Crippen LogP contribution in [0.5, 0.6) is 0 Å². The van der Waals surface area contributed by atoms with E-state index in [2.05, 4.69) is 10.1 Å². The average Bonchev–Trinajstić information content (AvgIpc) is 2.53. The van der Waals surface area contributed by atoms with Gasteiger partial charge in [0.05, 0.1) is 5.71 Å². The molecule has 8 heteroatoms. The van der Waals surface area contributed by atoms with Crippen molar-refractivity contribution in [1.29, 1.82) is 0 Å². The van der Waals surface area contributed by atoms with Crippen LogP contribution in [-0.4, -0.2) is 46.0 Å². The molecule has 140 valence electrons. The molecule has 1 atom stereocenters. The summed E-state index contributed by atoms with van der Waals surface area (Å²) in [5.74, 6) is -1.63. The number of hydrogen-bond donors (Lipinski definition) is 0. The topological polar surface area (TPSA) is 88.9 Å². The Labute approximate surface area is 157 Å². The van der Waals surface area contributed by atoms with Gasteiger partial charge in [0.2, 0.25) is 0 Å². The Kier molecular flexibility index (Phi) is 6.13. The first-order valence-corrected chi connectivity index (χ1v) is 8.69. The summed E-state index contributed by atoms with van der Waals surface area (Å²) in [5.41, 5.74) is -0.0326. The first-order valence-electron chi connectivity index (χ1n) is 8.31. The van der Waals surface area contributed by atoms with Crippen LogP contribution in [0, 0.1) is 5.92 Å². The second-order valence-electron chi connectivity index (χ2n) is 7.08. The van der Waals surface area contributed by atoms with Crippen molar-refractivity contribution >= 4 is 35.0 Å². The third-order valence-electron chi connectivity index (χ3n) is 3.72. The van der Waals surface area contributed by atoms with Gasteiger partial charge in [-0.05, 0) is 45.7 Å². The molecule has 0 N–H and O–H groups in total. The van der Waals surface area contributed by atoms with Crippen LogP contribution in [0.15, 0.2) is 23.4 Å². The van der Waals surface area contributed by atoms with Crippen LogP contribution in [0.4, 0.5) is 4.79 Å². The summed E-state index contributed by atoms with van der Waals surface area (Å²) in [6, 6.07) is 3.01. The smallest absolute Gasteiger partial charge is 0.430 e. The largest absolute Gasteiger partial charge is 0.442 e. The Morgan fingerprint density at radius 2 is 2.00 bits per heavy atom. The number of halogens is 1. The fraction of sp³-hybridized carbons (Fsp3) is 0.500. The monoisotopic (exact) mass is 379 g/mol. The highest BCUT2D eigenvalue weighted by atomic mass is 35.5. The maximum atomic E-state index is 12.8. The van der Waals surface area contributed by atoms with E-state index < -0.39 is 23.4 Å². The molecule has 0 spiro atoms. The number of Topliss-reactive ketones (excluding diaryl/α,β-unsaturated/α-hetero) is 2. The Morgan fingerprint density at radius 3 is 2.58 bits per heavy atom. The minimum Gasteiger partial charge on any atom is -0.442 e. The second kappa shape index (κ2) is 7.95. The van der Waals surface area contributed by atoms with Crippen LogP contribution < -0.4 is 0 Å². The molecule has 1 heterocycles. The fourth-order valence-corrected chi connectivity index (χ4v) is 2.69. The quantitative estimate of drug-likeness (QED) is 0.347. The number of carbonyl (C=O) groups excluding carboxylic acids is 3. The number of nitrogens with zero attached hydrogens (tertiary/aromatic N) is 3. The first kappa shape index (κ1) is 20.0. The summed E-state index contributed by atoms with van der Waals surface area (Å²) in [6.45, 7) is 5.24. The van der Waals surface area contributed by atoms with Gasteiger partial charge in [0.15, 0.2) is 5.78 Å². The van der Waals surface area contributed by atoms with Crippen LogP contribution in [0.2, 0.25) is 5.15 Å². The van der Waals surface area contributed by atoms with E-state index in [1.165, 1.54) is 25.4 Å². The first-order chi connectivity index (χ1) is 12.1. The third kappa shape index (κ3) is 5.11. The summed E-state index contributed by atoms with van der Waals surface area (Å²) >= 11 is 5.74. The predicted molar refractivity (Wildman–Crippen MR) is 97.4 cm³/mol. The molecule has 1 aliphatic rings. The maximum Gasteiger partial charge on any atom is 0.430 e. The molecule has 1 aliphatic carbocycles. The van der Waals surface area contributed by atoms with E-state index in [1.54, 1.807) is 20.8 Å². The zero-order valence-electron chi connectivity index (χ0n) is 15.3. The maximum absolute atomic E-state index is 12.8. The summed E-state index contributed by atoms with van der Waals surface area (Å²) < 4.78 is 5.25. The van der Waals surface area contributed by atoms with Gasteiger partial charge in [-0.25, -0.2) is 14.8 Å². The van der Waals surface area contributed by atoms with Crippen molar-refractivity contribution in [2.75, 3.05) is 7.05 Å². The average molecular weight is 380 g/mol. The molecule has 1 amide bonds. The van der Waals surface area contributed by atoms with Crippen LogP contribution in [0.25, 0.3) is 0 Å². The lowest BCUT2D eigenvalue weighted by atomic mass is 9.81. The molecular weight excluding hydrogens is 358 g/mol. The summed E-state index contributed by atoms with van der Waals surface area (Å²) in [5, 5.41) is 5.49. The lowest BCUT2D eigenvalue weighted by Crippen LogP contribution is -2.38. The van der Waals surface area contributed by atoms with Gasteiger partial charge in [-0.3, -0.25) is 9.59 Å². The molecule has 1 fully saturated rings. The lowest BCUT2D eigenvalue weighted by molar-refractivity contribution is -0.120. The van der Waals surface area contributed by atoms with E-state index >= 15 is 0 Å². The number of carbonyl (C=O) groups is 3. The highest BCUT2D eigenvalue weighted by Crippen LogP contribution is 2.24. The summed E-state index contributed by atoms with van der Waals surface area (Å²) in [4.78, 5) is 41.2.